The average molecular weight is 238 g/mol. The molecule has 0 radical (unpaired) electrons. The summed E-state index contributed by atoms with van der Waals surface area (Å²) < 4.78 is 0. The van der Waals surface area contributed by atoms with Gasteiger partial charge in [-0.05, 0) is 25.7 Å². The van der Waals surface area contributed by atoms with Crippen LogP contribution in [0.5, 0.6) is 0 Å². The van der Waals surface area contributed by atoms with Gasteiger partial charge in [0.15, 0.2) is 0 Å². The van der Waals surface area contributed by atoms with Crippen molar-refractivity contribution in [2.45, 2.75) is 49.0 Å². The van der Waals surface area contributed by atoms with E-state index in [0.29, 0.717) is 10.5 Å². The molecule has 14 heavy (non-hydrogen) atoms. The summed E-state index contributed by atoms with van der Waals surface area (Å²) in [6, 6.07) is 0. The summed E-state index contributed by atoms with van der Waals surface area (Å²) in [4.78, 5) is 0. The normalized spacial score (nSPS) is 15.4. The minimum atomic E-state index is 0.266. The Balaban J connectivity index is 3.39. The third-order valence-electron chi connectivity index (χ3n) is 2.26. The Morgan fingerprint density at radius 3 is 1.36 bits per heavy atom. The predicted molar refractivity (Wildman–Crippen MR) is 67.4 cm³/mol. The fourth-order valence-electron chi connectivity index (χ4n) is 1.32. The molecule has 2 nitrogen and oxygen atoms in total. The van der Waals surface area contributed by atoms with Crippen molar-refractivity contribution in [2.75, 3.05) is 13.2 Å². The van der Waals surface area contributed by atoms with E-state index < -0.39 is 0 Å². The zero-order chi connectivity index (χ0) is 10.8. The molecule has 0 aromatic rings. The fourth-order valence-corrected chi connectivity index (χ4v) is 1.98. The smallest absolute Gasteiger partial charge is 0.0431 e. The Hall–Kier alpha value is 0.620. The second kappa shape index (κ2) is 10.1. The molecule has 0 fully saturated rings. The molecule has 0 amide bonds. The van der Waals surface area contributed by atoms with Gasteiger partial charge in [-0.2, -0.15) is 25.3 Å². The summed E-state index contributed by atoms with van der Waals surface area (Å²) in [6.07, 6.45) is 5.76. The van der Waals surface area contributed by atoms with E-state index >= 15 is 0 Å². The molecule has 2 N–H and O–H groups in total. The molecule has 0 aromatic heterocycles. The zero-order valence-electron chi connectivity index (χ0n) is 8.60. The van der Waals surface area contributed by atoms with Crippen LogP contribution in [-0.4, -0.2) is 33.9 Å². The van der Waals surface area contributed by atoms with Crippen molar-refractivity contribution in [3.05, 3.63) is 0 Å². The summed E-state index contributed by atoms with van der Waals surface area (Å²) in [6.45, 7) is 0.532. The van der Waals surface area contributed by atoms with Gasteiger partial charge in [0.2, 0.25) is 0 Å². The van der Waals surface area contributed by atoms with Crippen molar-refractivity contribution in [3.8, 4) is 0 Å². The molecule has 4 heteroatoms. The highest BCUT2D eigenvalue weighted by Crippen LogP contribution is 2.20. The van der Waals surface area contributed by atoms with E-state index in [1.165, 1.54) is 0 Å². The van der Waals surface area contributed by atoms with Gasteiger partial charge in [-0.3, -0.25) is 0 Å². The van der Waals surface area contributed by atoms with Crippen LogP contribution in [0, 0.1) is 0 Å². The molecule has 0 spiro atoms. The van der Waals surface area contributed by atoms with E-state index in [9.17, 15) is 0 Å². The first-order valence-electron chi connectivity index (χ1n) is 5.30. The number of aliphatic hydroxyl groups is 2. The average Bonchev–Trinajstić information content (AvgIpc) is 2.18. The van der Waals surface area contributed by atoms with Gasteiger partial charge in [0, 0.05) is 23.7 Å². The summed E-state index contributed by atoms with van der Waals surface area (Å²) in [5.41, 5.74) is 0. The maximum absolute atomic E-state index is 8.62. The molecule has 86 valence electrons. The van der Waals surface area contributed by atoms with Crippen LogP contribution in [0.1, 0.15) is 38.5 Å². The van der Waals surface area contributed by atoms with Crippen molar-refractivity contribution in [1.29, 1.82) is 0 Å². The Kier molecular flexibility index (Phi) is 10.6. The first-order chi connectivity index (χ1) is 6.72. The SMILES string of the molecule is OCCCCC(S)C(S)CCCCO. The maximum Gasteiger partial charge on any atom is 0.0431 e. The summed E-state index contributed by atoms with van der Waals surface area (Å²) in [5, 5.41) is 17.9. The van der Waals surface area contributed by atoms with Gasteiger partial charge in [0.25, 0.3) is 0 Å². The first kappa shape index (κ1) is 14.6. The lowest BCUT2D eigenvalue weighted by molar-refractivity contribution is 0.280. The van der Waals surface area contributed by atoms with Gasteiger partial charge in [0.1, 0.15) is 0 Å². The van der Waals surface area contributed by atoms with Gasteiger partial charge >= 0.3 is 0 Å². The zero-order valence-corrected chi connectivity index (χ0v) is 10.4. The van der Waals surface area contributed by atoms with Gasteiger partial charge in [-0.25, -0.2) is 0 Å². The number of aliphatic hydroxyl groups excluding tert-OH is 2. The molecule has 0 heterocycles. The number of thiol groups is 2. The predicted octanol–water partition coefficient (Wildman–Crippen LogP) is 1.91. The lowest BCUT2D eigenvalue weighted by Gasteiger charge is -2.17. The maximum atomic E-state index is 8.62. The van der Waals surface area contributed by atoms with Crippen LogP contribution < -0.4 is 0 Å². The highest BCUT2D eigenvalue weighted by atomic mass is 32.1. The molecule has 2 atom stereocenters. The second-order valence-corrected chi connectivity index (χ2v) is 4.90. The quantitative estimate of drug-likeness (QED) is 0.366. The van der Waals surface area contributed by atoms with E-state index in [4.69, 9.17) is 10.2 Å². The number of hydrogen-bond acceptors (Lipinski definition) is 4. The highest BCUT2D eigenvalue weighted by molar-refractivity contribution is 7.85. The number of hydrogen-bond donors (Lipinski definition) is 4. The van der Waals surface area contributed by atoms with Gasteiger partial charge in [-0.15, -0.1) is 0 Å². The summed E-state index contributed by atoms with van der Waals surface area (Å²) in [7, 11) is 0. The molecule has 0 bridgehead atoms. The van der Waals surface area contributed by atoms with Gasteiger partial charge in [-0.1, -0.05) is 12.8 Å². The lowest BCUT2D eigenvalue weighted by atomic mass is 10.1. The van der Waals surface area contributed by atoms with E-state index in [1.54, 1.807) is 0 Å². The van der Waals surface area contributed by atoms with Crippen molar-refractivity contribution >= 4 is 25.3 Å². The summed E-state index contributed by atoms with van der Waals surface area (Å²) in [5.74, 6) is 0. The van der Waals surface area contributed by atoms with Crippen molar-refractivity contribution < 1.29 is 10.2 Å². The lowest BCUT2D eigenvalue weighted by Crippen LogP contribution is -2.15. The molecular formula is C10H22O2S2. The molecule has 0 saturated heterocycles. The molecular weight excluding hydrogens is 216 g/mol. The fraction of sp³-hybridized carbons (Fsp3) is 1.00. The Bertz CT molecular complexity index is 109. The Morgan fingerprint density at radius 1 is 0.714 bits per heavy atom. The van der Waals surface area contributed by atoms with E-state index in [2.05, 4.69) is 25.3 Å². The second-order valence-electron chi connectivity index (χ2n) is 3.57. The molecule has 0 aliphatic rings. The first-order valence-corrected chi connectivity index (χ1v) is 6.33. The molecule has 0 rings (SSSR count). The Morgan fingerprint density at radius 2 is 1.07 bits per heavy atom. The molecule has 0 aliphatic carbocycles. The van der Waals surface area contributed by atoms with Crippen molar-refractivity contribution in [2.24, 2.45) is 0 Å². The van der Waals surface area contributed by atoms with E-state index in [1.807, 2.05) is 0 Å². The monoisotopic (exact) mass is 238 g/mol. The minimum absolute atomic E-state index is 0.266. The van der Waals surface area contributed by atoms with Crippen LogP contribution in [-0.2, 0) is 0 Å². The summed E-state index contributed by atoms with van der Waals surface area (Å²) >= 11 is 8.96. The molecule has 2 unspecified atom stereocenters. The van der Waals surface area contributed by atoms with Crippen LogP contribution in [0.25, 0.3) is 0 Å². The molecule has 0 saturated carbocycles. The number of rotatable bonds is 9. The molecule has 0 aromatic carbocycles. The van der Waals surface area contributed by atoms with Crippen LogP contribution in [0.3, 0.4) is 0 Å². The Labute approximate surface area is 97.9 Å². The van der Waals surface area contributed by atoms with Gasteiger partial charge in [0.05, 0.1) is 0 Å². The third kappa shape index (κ3) is 7.97. The topological polar surface area (TPSA) is 40.5 Å². The third-order valence-corrected chi connectivity index (χ3v) is 3.73. The van der Waals surface area contributed by atoms with Crippen molar-refractivity contribution in [3.63, 3.8) is 0 Å². The van der Waals surface area contributed by atoms with Crippen LogP contribution in [0.2, 0.25) is 0 Å². The minimum Gasteiger partial charge on any atom is -0.396 e. The van der Waals surface area contributed by atoms with Crippen molar-refractivity contribution in [1.82, 2.24) is 0 Å². The highest BCUT2D eigenvalue weighted by Gasteiger charge is 2.12. The van der Waals surface area contributed by atoms with Crippen LogP contribution >= 0.6 is 25.3 Å². The number of unbranched alkanes of at least 4 members (excludes halogenated alkanes) is 2. The van der Waals surface area contributed by atoms with E-state index in [-0.39, 0.29) is 13.2 Å². The largest absolute Gasteiger partial charge is 0.396 e. The van der Waals surface area contributed by atoms with E-state index in [0.717, 1.165) is 38.5 Å². The molecule has 0 aliphatic heterocycles. The standard InChI is InChI=1S/C10H22O2S2/c11-7-3-1-5-9(13)10(14)6-2-4-8-12/h9-14H,1-8H2. The van der Waals surface area contributed by atoms with Crippen LogP contribution in [0.4, 0.5) is 0 Å². The van der Waals surface area contributed by atoms with Gasteiger partial charge < -0.3 is 10.2 Å². The van der Waals surface area contributed by atoms with Crippen LogP contribution in [0.15, 0.2) is 0 Å².